The number of esters is 3. The highest BCUT2D eigenvalue weighted by atomic mass is 19.4. The first-order valence-corrected chi connectivity index (χ1v) is 7.63. The van der Waals surface area contributed by atoms with Crippen LogP contribution in [0.25, 0.3) is 0 Å². The second-order valence-electron chi connectivity index (χ2n) is 6.87. The Labute approximate surface area is 158 Å². The molecule has 0 radical (unpaired) electrons. The molecule has 0 spiro atoms. The summed E-state index contributed by atoms with van der Waals surface area (Å²) in [6.07, 6.45) is -16.5. The van der Waals surface area contributed by atoms with Crippen molar-refractivity contribution in [2.45, 2.75) is 39.2 Å². The topological polar surface area (TPSA) is 99.1 Å². The molecular weight excluding hydrogens is 418 g/mol. The largest absolute Gasteiger partial charge is 0.504 e. The van der Waals surface area contributed by atoms with E-state index in [0.29, 0.717) is 6.07 Å². The van der Waals surface area contributed by atoms with Crippen LogP contribution in [0.2, 0.25) is 0 Å². The number of carbonyl (C=O) groups is 3. The van der Waals surface area contributed by atoms with Crippen LogP contribution in [-0.2, 0) is 9.53 Å². The van der Waals surface area contributed by atoms with Crippen molar-refractivity contribution in [3.8, 4) is 17.2 Å². The van der Waals surface area contributed by atoms with E-state index in [1.807, 2.05) is 0 Å². The Morgan fingerprint density at radius 3 is 2.03 bits per heavy atom. The van der Waals surface area contributed by atoms with Gasteiger partial charge in [-0.1, -0.05) is 0 Å². The molecule has 13 heteroatoms. The SMILES string of the molecule is CC(C)(C)C(=O)Oc1cc(C(=O)OC(C(F)(F)F)C(F)(F)F)c2c(O)c1OC2=O. The van der Waals surface area contributed by atoms with Crippen LogP contribution in [0.4, 0.5) is 26.3 Å². The van der Waals surface area contributed by atoms with Crippen molar-refractivity contribution in [3.63, 3.8) is 0 Å². The molecule has 1 aromatic rings. The maximum absolute atomic E-state index is 12.6. The second-order valence-corrected chi connectivity index (χ2v) is 6.87. The van der Waals surface area contributed by atoms with Gasteiger partial charge in [0, 0.05) is 6.07 Å². The van der Waals surface area contributed by atoms with Crippen LogP contribution in [0.5, 0.6) is 17.2 Å². The summed E-state index contributed by atoms with van der Waals surface area (Å²) in [5, 5.41) is 9.93. The molecule has 0 saturated carbocycles. The molecule has 0 atom stereocenters. The van der Waals surface area contributed by atoms with E-state index < -0.39 is 70.2 Å². The number of rotatable bonds is 3. The Balaban J connectivity index is 2.50. The van der Waals surface area contributed by atoms with E-state index in [4.69, 9.17) is 4.74 Å². The van der Waals surface area contributed by atoms with Gasteiger partial charge in [-0.2, -0.15) is 26.3 Å². The predicted molar refractivity (Wildman–Crippen MR) is 79.5 cm³/mol. The molecule has 0 aromatic heterocycles. The van der Waals surface area contributed by atoms with Gasteiger partial charge in [0.25, 0.3) is 6.10 Å². The number of benzene rings is 1. The highest BCUT2D eigenvalue weighted by Gasteiger charge is 2.60. The summed E-state index contributed by atoms with van der Waals surface area (Å²) in [5.74, 6) is -7.25. The van der Waals surface area contributed by atoms with Crippen LogP contribution < -0.4 is 9.47 Å². The van der Waals surface area contributed by atoms with E-state index in [1.54, 1.807) is 0 Å². The number of alkyl halides is 6. The lowest BCUT2D eigenvalue weighted by Gasteiger charge is -2.23. The zero-order valence-electron chi connectivity index (χ0n) is 14.8. The number of carbonyl (C=O) groups excluding carboxylic acids is 3. The van der Waals surface area contributed by atoms with Gasteiger partial charge in [-0.15, -0.1) is 0 Å². The van der Waals surface area contributed by atoms with Gasteiger partial charge in [-0.25, -0.2) is 9.59 Å². The molecule has 0 amide bonds. The zero-order chi connectivity index (χ0) is 22.5. The summed E-state index contributed by atoms with van der Waals surface area (Å²) in [4.78, 5) is 35.8. The van der Waals surface area contributed by atoms with Crippen LogP contribution in [0.15, 0.2) is 6.07 Å². The van der Waals surface area contributed by atoms with Gasteiger partial charge in [0.05, 0.1) is 11.0 Å². The van der Waals surface area contributed by atoms with E-state index in [1.165, 1.54) is 20.8 Å². The Morgan fingerprint density at radius 1 is 1.07 bits per heavy atom. The first-order chi connectivity index (χ1) is 12.9. The van der Waals surface area contributed by atoms with E-state index in [-0.39, 0.29) is 0 Å². The fourth-order valence-electron chi connectivity index (χ4n) is 2.06. The van der Waals surface area contributed by atoms with Crippen LogP contribution >= 0.6 is 0 Å². The molecule has 2 rings (SSSR count). The van der Waals surface area contributed by atoms with Crippen molar-refractivity contribution in [1.29, 1.82) is 0 Å². The van der Waals surface area contributed by atoms with Gasteiger partial charge in [-0.05, 0) is 20.8 Å². The van der Waals surface area contributed by atoms with Gasteiger partial charge in [0.15, 0.2) is 11.5 Å². The minimum atomic E-state index is -6.00. The zero-order valence-corrected chi connectivity index (χ0v) is 14.8. The van der Waals surface area contributed by atoms with E-state index >= 15 is 0 Å². The summed E-state index contributed by atoms with van der Waals surface area (Å²) in [6.45, 7) is 4.21. The normalized spacial score (nSPS) is 14.1. The van der Waals surface area contributed by atoms with Gasteiger partial charge < -0.3 is 19.3 Å². The van der Waals surface area contributed by atoms with Crippen molar-refractivity contribution in [2.24, 2.45) is 5.41 Å². The number of aromatic hydroxyl groups is 1. The summed E-state index contributed by atoms with van der Waals surface area (Å²) < 4.78 is 88.7. The first kappa shape index (κ1) is 22.3. The Morgan fingerprint density at radius 2 is 1.59 bits per heavy atom. The third kappa shape index (κ3) is 4.38. The van der Waals surface area contributed by atoms with E-state index in [9.17, 15) is 45.8 Å². The van der Waals surface area contributed by atoms with Crippen LogP contribution in [0.1, 0.15) is 41.5 Å². The van der Waals surface area contributed by atoms with Gasteiger partial charge in [0.1, 0.15) is 5.56 Å². The van der Waals surface area contributed by atoms with Crippen LogP contribution in [0.3, 0.4) is 0 Å². The monoisotopic (exact) mass is 430 g/mol. The Hall–Kier alpha value is -2.99. The number of hydrogen-bond donors (Lipinski definition) is 1. The molecule has 7 nitrogen and oxygen atoms in total. The van der Waals surface area contributed by atoms with Crippen LogP contribution in [-0.4, -0.2) is 41.5 Å². The average molecular weight is 430 g/mol. The first-order valence-electron chi connectivity index (χ1n) is 7.63. The Kier molecular flexibility index (Phi) is 5.24. The lowest BCUT2D eigenvalue weighted by molar-refractivity contribution is -0.307. The minimum Gasteiger partial charge on any atom is -0.504 e. The number of fused-ring (bicyclic) bond motifs is 2. The minimum absolute atomic E-state index is 0.477. The Bertz CT molecular complexity index is 866. The highest BCUT2D eigenvalue weighted by Crippen LogP contribution is 2.48. The van der Waals surface area contributed by atoms with Crippen molar-refractivity contribution < 1.29 is 60.0 Å². The average Bonchev–Trinajstić information content (AvgIpc) is 2.71. The van der Waals surface area contributed by atoms with Gasteiger partial charge in [-0.3, -0.25) is 4.79 Å². The molecule has 0 saturated heterocycles. The third-order valence-electron chi connectivity index (χ3n) is 3.47. The van der Waals surface area contributed by atoms with Gasteiger partial charge in [0.2, 0.25) is 5.75 Å². The molecule has 29 heavy (non-hydrogen) atoms. The molecule has 160 valence electrons. The highest BCUT2D eigenvalue weighted by molar-refractivity contribution is 6.10. The van der Waals surface area contributed by atoms with Crippen molar-refractivity contribution in [1.82, 2.24) is 0 Å². The lowest BCUT2D eigenvalue weighted by Crippen LogP contribution is -2.45. The number of ether oxygens (including phenoxy) is 3. The smallest absolute Gasteiger partial charge is 0.434 e. The number of phenols is 1. The molecule has 0 unspecified atom stereocenters. The fraction of sp³-hybridized carbons (Fsp3) is 0.438. The molecule has 0 fully saturated rings. The molecule has 1 aromatic carbocycles. The molecule has 0 aliphatic carbocycles. The van der Waals surface area contributed by atoms with E-state index in [2.05, 4.69) is 9.47 Å². The second kappa shape index (κ2) is 6.81. The van der Waals surface area contributed by atoms with E-state index in [0.717, 1.165) is 0 Å². The predicted octanol–water partition coefficient (Wildman–Crippen LogP) is 3.53. The molecule has 1 N–H and O–H groups in total. The molecule has 1 heterocycles. The molecule has 2 bridgehead atoms. The quantitative estimate of drug-likeness (QED) is 0.445. The van der Waals surface area contributed by atoms with Gasteiger partial charge >= 0.3 is 30.3 Å². The van der Waals surface area contributed by atoms with Crippen molar-refractivity contribution in [3.05, 3.63) is 17.2 Å². The summed E-state index contributed by atoms with van der Waals surface area (Å²) in [7, 11) is 0. The summed E-state index contributed by atoms with van der Waals surface area (Å²) in [6, 6.07) is 0.477. The lowest BCUT2D eigenvalue weighted by atomic mass is 9.97. The molecule has 1 aliphatic rings. The number of phenolic OH excluding ortho intramolecular Hbond substituents is 1. The molecule has 1 aliphatic heterocycles. The maximum atomic E-state index is 12.6. The number of hydrogen-bond acceptors (Lipinski definition) is 7. The van der Waals surface area contributed by atoms with Crippen LogP contribution in [0, 0.1) is 5.41 Å². The summed E-state index contributed by atoms with van der Waals surface area (Å²) >= 11 is 0. The standard InChI is InChI=1S/C16H12F6O7/c1-14(2,3)13(26)27-6-4-5(7-8(23)9(6)28-11(7)25)10(24)29-12(15(17,18)19)16(20,21)22/h4,12,23H,1-3H3. The maximum Gasteiger partial charge on any atom is 0.434 e. The van der Waals surface area contributed by atoms with Crippen molar-refractivity contribution >= 4 is 17.9 Å². The summed E-state index contributed by atoms with van der Waals surface area (Å²) in [5.41, 5.74) is -3.37. The van der Waals surface area contributed by atoms with Crippen molar-refractivity contribution in [2.75, 3.05) is 0 Å². The fourth-order valence-corrected chi connectivity index (χ4v) is 2.06. The number of halogens is 6. The third-order valence-corrected chi connectivity index (χ3v) is 3.47. The molecular formula is C16H12F6O7.